The first kappa shape index (κ1) is 20.9. The maximum Gasteiger partial charge on any atom is 0.246 e. The molecule has 6 nitrogen and oxygen atoms in total. The number of hydrogen-bond acceptors (Lipinski definition) is 4. The first-order valence-electron chi connectivity index (χ1n) is 9.34. The van der Waals surface area contributed by atoms with Crippen molar-refractivity contribution in [3.8, 4) is 0 Å². The van der Waals surface area contributed by atoms with Crippen molar-refractivity contribution in [1.29, 1.82) is 0 Å². The molecule has 0 aliphatic carbocycles. The van der Waals surface area contributed by atoms with Gasteiger partial charge in [0.05, 0.1) is 16.6 Å². The molecule has 1 aromatic carbocycles. The molecule has 0 saturated carbocycles. The summed E-state index contributed by atoms with van der Waals surface area (Å²) in [6.45, 7) is 3.67. The zero-order valence-corrected chi connectivity index (χ0v) is 17.6. The van der Waals surface area contributed by atoms with Crippen LogP contribution in [0.15, 0.2) is 23.1 Å². The van der Waals surface area contributed by atoms with Gasteiger partial charge in [0.2, 0.25) is 15.9 Å². The highest BCUT2D eigenvalue weighted by molar-refractivity contribution is 7.89. The number of benzene rings is 1. The van der Waals surface area contributed by atoms with E-state index in [-0.39, 0.29) is 20.8 Å². The van der Waals surface area contributed by atoms with Crippen LogP contribution in [0.5, 0.6) is 0 Å². The van der Waals surface area contributed by atoms with E-state index in [1.807, 2.05) is 9.80 Å². The molecule has 1 amide bonds. The Kier molecular flexibility index (Phi) is 7.03. The average molecular weight is 434 g/mol. The lowest BCUT2D eigenvalue weighted by atomic mass is 10.2. The van der Waals surface area contributed by atoms with Crippen molar-refractivity contribution in [2.75, 3.05) is 45.8 Å². The number of sulfonamides is 1. The minimum atomic E-state index is -3.75. The zero-order valence-electron chi connectivity index (χ0n) is 15.2. The smallest absolute Gasteiger partial charge is 0.246 e. The Hall–Kier alpha value is -0.860. The standard InChI is InChI=1S/C18H25Cl2N3O3S/c19-15-6-5-7-16(20)18(15)27(25,26)23-12-10-21(11-13-23)14-17(24)22-8-3-1-2-4-9-22/h5-7H,1-4,8-14H2. The molecular formula is C18H25Cl2N3O3S. The molecule has 2 heterocycles. The number of carbonyl (C=O) groups excluding carboxylic acids is 1. The second kappa shape index (κ2) is 9.09. The summed E-state index contributed by atoms with van der Waals surface area (Å²) in [5.41, 5.74) is 0. The van der Waals surface area contributed by atoms with Gasteiger partial charge in [-0.3, -0.25) is 9.69 Å². The molecule has 0 N–H and O–H groups in total. The van der Waals surface area contributed by atoms with Crippen molar-refractivity contribution in [3.63, 3.8) is 0 Å². The minimum absolute atomic E-state index is 0.0394. The Morgan fingerprint density at radius 3 is 2.00 bits per heavy atom. The number of rotatable bonds is 4. The van der Waals surface area contributed by atoms with Crippen LogP contribution in [0.2, 0.25) is 10.0 Å². The van der Waals surface area contributed by atoms with Gasteiger partial charge < -0.3 is 4.90 Å². The average Bonchev–Trinajstić information content (AvgIpc) is 2.91. The quantitative estimate of drug-likeness (QED) is 0.731. The summed E-state index contributed by atoms with van der Waals surface area (Å²) >= 11 is 12.2. The van der Waals surface area contributed by atoms with Crippen molar-refractivity contribution in [2.24, 2.45) is 0 Å². The number of piperazine rings is 1. The summed E-state index contributed by atoms with van der Waals surface area (Å²) in [5, 5.41) is 0.252. The lowest BCUT2D eigenvalue weighted by Gasteiger charge is -2.34. The molecule has 9 heteroatoms. The molecule has 2 fully saturated rings. The van der Waals surface area contributed by atoms with Crippen LogP contribution in [-0.2, 0) is 14.8 Å². The molecule has 0 aromatic heterocycles. The fraction of sp³-hybridized carbons (Fsp3) is 0.611. The second-order valence-electron chi connectivity index (χ2n) is 7.03. The predicted octanol–water partition coefficient (Wildman–Crippen LogP) is 2.70. The Balaban J connectivity index is 1.59. The summed E-state index contributed by atoms with van der Waals surface area (Å²) in [6, 6.07) is 4.67. The molecule has 0 atom stereocenters. The third kappa shape index (κ3) is 4.95. The zero-order chi connectivity index (χ0) is 19.4. The van der Waals surface area contributed by atoms with Gasteiger partial charge >= 0.3 is 0 Å². The van der Waals surface area contributed by atoms with Crippen LogP contribution < -0.4 is 0 Å². The molecule has 0 radical (unpaired) electrons. The van der Waals surface area contributed by atoms with E-state index in [1.54, 1.807) is 6.07 Å². The van der Waals surface area contributed by atoms with Crippen molar-refractivity contribution in [1.82, 2.24) is 14.1 Å². The van der Waals surface area contributed by atoms with Crippen LogP contribution in [0, 0.1) is 0 Å². The lowest BCUT2D eigenvalue weighted by Crippen LogP contribution is -2.51. The summed E-state index contributed by atoms with van der Waals surface area (Å²) in [5.74, 6) is 0.141. The van der Waals surface area contributed by atoms with E-state index in [0.29, 0.717) is 32.7 Å². The first-order chi connectivity index (χ1) is 12.9. The largest absolute Gasteiger partial charge is 0.342 e. The minimum Gasteiger partial charge on any atom is -0.342 e. The Morgan fingerprint density at radius 2 is 1.44 bits per heavy atom. The van der Waals surface area contributed by atoms with Crippen molar-refractivity contribution in [2.45, 2.75) is 30.6 Å². The number of likely N-dealkylation sites (tertiary alicyclic amines) is 1. The van der Waals surface area contributed by atoms with Gasteiger partial charge in [-0.2, -0.15) is 4.31 Å². The Bertz CT molecular complexity index is 752. The van der Waals surface area contributed by atoms with Gasteiger partial charge in [0.15, 0.2) is 0 Å². The van der Waals surface area contributed by atoms with Crippen LogP contribution in [-0.4, -0.2) is 74.2 Å². The number of halogens is 2. The lowest BCUT2D eigenvalue weighted by molar-refractivity contribution is -0.132. The van der Waals surface area contributed by atoms with Gasteiger partial charge in [0, 0.05) is 39.3 Å². The molecule has 27 heavy (non-hydrogen) atoms. The van der Waals surface area contributed by atoms with E-state index in [9.17, 15) is 13.2 Å². The Morgan fingerprint density at radius 1 is 0.889 bits per heavy atom. The highest BCUT2D eigenvalue weighted by Crippen LogP contribution is 2.31. The molecule has 2 aliphatic rings. The highest BCUT2D eigenvalue weighted by Gasteiger charge is 2.32. The van der Waals surface area contributed by atoms with Crippen molar-refractivity contribution < 1.29 is 13.2 Å². The van der Waals surface area contributed by atoms with Crippen LogP contribution >= 0.6 is 23.2 Å². The van der Waals surface area contributed by atoms with Crippen molar-refractivity contribution in [3.05, 3.63) is 28.2 Å². The molecule has 150 valence electrons. The summed E-state index contributed by atoms with van der Waals surface area (Å²) in [6.07, 6.45) is 4.50. The van der Waals surface area contributed by atoms with E-state index in [4.69, 9.17) is 23.2 Å². The van der Waals surface area contributed by atoms with E-state index in [2.05, 4.69) is 0 Å². The predicted molar refractivity (Wildman–Crippen MR) is 107 cm³/mol. The number of nitrogens with zero attached hydrogens (tertiary/aromatic N) is 3. The SMILES string of the molecule is O=C(CN1CCN(S(=O)(=O)c2c(Cl)cccc2Cl)CC1)N1CCCCCC1. The second-order valence-corrected chi connectivity index (χ2v) is 9.72. The van der Waals surface area contributed by atoms with Crippen molar-refractivity contribution >= 4 is 39.1 Å². The van der Waals surface area contributed by atoms with Crippen LogP contribution in [0.25, 0.3) is 0 Å². The summed E-state index contributed by atoms with van der Waals surface area (Å²) < 4.78 is 27.2. The molecule has 0 bridgehead atoms. The molecule has 2 aliphatic heterocycles. The van der Waals surface area contributed by atoms with Gasteiger partial charge in [0.25, 0.3) is 0 Å². The normalized spacial score (nSPS) is 20.4. The van der Waals surface area contributed by atoms with E-state index < -0.39 is 10.0 Å². The molecule has 0 unspecified atom stereocenters. The number of carbonyl (C=O) groups is 1. The van der Waals surface area contributed by atoms with Gasteiger partial charge in [-0.05, 0) is 25.0 Å². The monoisotopic (exact) mass is 433 g/mol. The highest BCUT2D eigenvalue weighted by atomic mass is 35.5. The maximum atomic E-state index is 12.9. The van der Waals surface area contributed by atoms with Crippen LogP contribution in [0.3, 0.4) is 0 Å². The molecular weight excluding hydrogens is 409 g/mol. The molecule has 0 spiro atoms. The van der Waals surface area contributed by atoms with Crippen LogP contribution in [0.4, 0.5) is 0 Å². The van der Waals surface area contributed by atoms with Crippen LogP contribution in [0.1, 0.15) is 25.7 Å². The third-order valence-electron chi connectivity index (χ3n) is 5.17. The van der Waals surface area contributed by atoms with Gasteiger partial charge in [-0.15, -0.1) is 0 Å². The number of amides is 1. The summed E-state index contributed by atoms with van der Waals surface area (Å²) in [4.78, 5) is 16.5. The van der Waals surface area contributed by atoms with Gasteiger partial charge in [-0.25, -0.2) is 8.42 Å². The van der Waals surface area contributed by atoms with E-state index >= 15 is 0 Å². The summed E-state index contributed by atoms with van der Waals surface area (Å²) in [7, 11) is -3.75. The fourth-order valence-corrected chi connectivity index (χ4v) is 6.11. The van der Waals surface area contributed by atoms with E-state index in [1.165, 1.54) is 29.3 Å². The molecule has 2 saturated heterocycles. The van der Waals surface area contributed by atoms with Gasteiger partial charge in [0.1, 0.15) is 4.90 Å². The topological polar surface area (TPSA) is 60.9 Å². The molecule has 1 aromatic rings. The third-order valence-corrected chi connectivity index (χ3v) is 8.02. The first-order valence-corrected chi connectivity index (χ1v) is 11.5. The maximum absolute atomic E-state index is 12.9. The van der Waals surface area contributed by atoms with E-state index in [0.717, 1.165) is 25.9 Å². The fourth-order valence-electron chi connectivity index (χ4n) is 3.60. The Labute approximate surface area is 171 Å². The molecule has 3 rings (SSSR count). The van der Waals surface area contributed by atoms with Gasteiger partial charge in [-0.1, -0.05) is 42.1 Å². The number of hydrogen-bond donors (Lipinski definition) is 0.